The molecular formula is C11H17NO4. The Hall–Kier alpha value is -1.10. The van der Waals surface area contributed by atoms with Crippen LogP contribution in [0.1, 0.15) is 38.5 Å². The van der Waals surface area contributed by atoms with Gasteiger partial charge in [-0.25, -0.2) is 0 Å². The summed E-state index contributed by atoms with van der Waals surface area (Å²) in [5.74, 6) is -1.00. The number of piperidine rings is 1. The molecule has 90 valence electrons. The van der Waals surface area contributed by atoms with Crippen molar-refractivity contribution in [2.24, 2.45) is 0 Å². The van der Waals surface area contributed by atoms with Gasteiger partial charge in [-0.1, -0.05) is 0 Å². The summed E-state index contributed by atoms with van der Waals surface area (Å²) in [6, 6.07) is 0.269. The molecule has 0 radical (unpaired) electrons. The summed E-state index contributed by atoms with van der Waals surface area (Å²) in [6.07, 6.45) is 2.88. The number of aliphatic carboxylic acids is 1. The van der Waals surface area contributed by atoms with E-state index >= 15 is 0 Å². The van der Waals surface area contributed by atoms with Gasteiger partial charge in [0.15, 0.2) is 0 Å². The molecule has 0 aromatic heterocycles. The molecule has 2 bridgehead atoms. The van der Waals surface area contributed by atoms with Gasteiger partial charge in [-0.2, -0.15) is 0 Å². The maximum atomic E-state index is 11.9. The number of fused-ring (bicyclic) bond motifs is 2. The maximum absolute atomic E-state index is 11.9. The quantitative estimate of drug-likeness (QED) is 0.730. The van der Waals surface area contributed by atoms with E-state index in [1.54, 1.807) is 0 Å². The molecular weight excluding hydrogens is 210 g/mol. The van der Waals surface area contributed by atoms with E-state index in [-0.39, 0.29) is 36.9 Å². The van der Waals surface area contributed by atoms with Gasteiger partial charge in [-0.15, -0.1) is 0 Å². The number of hydrogen-bond donors (Lipinski definition) is 2. The average molecular weight is 227 g/mol. The van der Waals surface area contributed by atoms with E-state index in [0.717, 1.165) is 12.8 Å². The molecule has 2 aliphatic heterocycles. The summed E-state index contributed by atoms with van der Waals surface area (Å²) in [5, 5.41) is 18.1. The Balaban J connectivity index is 1.95. The van der Waals surface area contributed by atoms with Crippen LogP contribution in [0.4, 0.5) is 0 Å². The van der Waals surface area contributed by atoms with E-state index in [1.807, 2.05) is 4.90 Å². The molecule has 1 amide bonds. The highest BCUT2D eigenvalue weighted by molar-refractivity contribution is 5.81. The van der Waals surface area contributed by atoms with Crippen LogP contribution < -0.4 is 0 Å². The van der Waals surface area contributed by atoms with Crippen LogP contribution in [0.25, 0.3) is 0 Å². The number of hydrogen-bond acceptors (Lipinski definition) is 3. The van der Waals surface area contributed by atoms with Crippen molar-refractivity contribution in [3.05, 3.63) is 0 Å². The minimum Gasteiger partial charge on any atom is -0.481 e. The van der Waals surface area contributed by atoms with E-state index in [1.165, 1.54) is 0 Å². The first kappa shape index (κ1) is 11.4. The van der Waals surface area contributed by atoms with Crippen LogP contribution >= 0.6 is 0 Å². The third-order valence-corrected chi connectivity index (χ3v) is 3.55. The Kier molecular flexibility index (Phi) is 3.14. The number of nitrogens with zero attached hydrogens (tertiary/aromatic N) is 1. The lowest BCUT2D eigenvalue weighted by molar-refractivity contribution is -0.143. The molecule has 2 rings (SSSR count). The predicted octanol–water partition coefficient (Wildman–Crippen LogP) is 0.365. The van der Waals surface area contributed by atoms with Gasteiger partial charge in [0.2, 0.25) is 5.91 Å². The lowest BCUT2D eigenvalue weighted by Crippen LogP contribution is -2.48. The van der Waals surface area contributed by atoms with Gasteiger partial charge < -0.3 is 15.1 Å². The van der Waals surface area contributed by atoms with Crippen LogP contribution in [0.3, 0.4) is 0 Å². The highest BCUT2D eigenvalue weighted by Crippen LogP contribution is 2.36. The van der Waals surface area contributed by atoms with E-state index in [0.29, 0.717) is 12.8 Å². The Bertz CT molecular complexity index is 290. The van der Waals surface area contributed by atoms with Crippen molar-refractivity contribution in [2.75, 3.05) is 0 Å². The Morgan fingerprint density at radius 2 is 1.69 bits per heavy atom. The maximum Gasteiger partial charge on any atom is 0.303 e. The standard InChI is InChI=1S/C11H17NO4/c13-9-5-7-1-2-8(6-9)12(7)10(14)3-4-11(15)16/h7-9,13H,1-6H2,(H,15,16). The number of aliphatic hydroxyl groups is 1. The third-order valence-electron chi connectivity index (χ3n) is 3.55. The van der Waals surface area contributed by atoms with Crippen LogP contribution in [-0.4, -0.2) is 45.2 Å². The van der Waals surface area contributed by atoms with Gasteiger partial charge in [0.25, 0.3) is 0 Å². The SMILES string of the molecule is O=C(O)CCC(=O)N1C2CCC1CC(O)C2. The molecule has 0 saturated carbocycles. The lowest BCUT2D eigenvalue weighted by atomic mass is 9.99. The Morgan fingerprint density at radius 1 is 1.12 bits per heavy atom. The smallest absolute Gasteiger partial charge is 0.303 e. The summed E-state index contributed by atoms with van der Waals surface area (Å²) < 4.78 is 0. The Labute approximate surface area is 94.0 Å². The summed E-state index contributed by atoms with van der Waals surface area (Å²) in [6.45, 7) is 0. The molecule has 16 heavy (non-hydrogen) atoms. The minimum atomic E-state index is -0.933. The highest BCUT2D eigenvalue weighted by Gasteiger charge is 2.42. The molecule has 2 saturated heterocycles. The van der Waals surface area contributed by atoms with Crippen LogP contribution in [0.2, 0.25) is 0 Å². The molecule has 0 aliphatic carbocycles. The van der Waals surface area contributed by atoms with Crippen LogP contribution in [0.5, 0.6) is 0 Å². The van der Waals surface area contributed by atoms with E-state index in [9.17, 15) is 14.7 Å². The fourth-order valence-electron chi connectivity index (χ4n) is 2.90. The van der Waals surface area contributed by atoms with Crippen molar-refractivity contribution < 1.29 is 19.8 Å². The molecule has 2 unspecified atom stereocenters. The number of aliphatic hydroxyl groups excluding tert-OH is 1. The zero-order chi connectivity index (χ0) is 11.7. The minimum absolute atomic E-state index is 0.0678. The zero-order valence-electron chi connectivity index (χ0n) is 9.13. The molecule has 2 fully saturated rings. The second-order valence-corrected chi connectivity index (χ2v) is 4.70. The fraction of sp³-hybridized carbons (Fsp3) is 0.818. The molecule has 2 N–H and O–H groups in total. The summed E-state index contributed by atoms with van der Waals surface area (Å²) in [7, 11) is 0. The van der Waals surface area contributed by atoms with Crippen LogP contribution in [0, 0.1) is 0 Å². The highest BCUT2D eigenvalue weighted by atomic mass is 16.4. The van der Waals surface area contributed by atoms with Gasteiger partial charge in [0, 0.05) is 18.5 Å². The topological polar surface area (TPSA) is 77.8 Å². The molecule has 2 aliphatic rings. The summed E-state index contributed by atoms with van der Waals surface area (Å²) in [5.41, 5.74) is 0. The van der Waals surface area contributed by atoms with Crippen molar-refractivity contribution in [3.8, 4) is 0 Å². The number of carbonyl (C=O) groups is 2. The molecule has 2 heterocycles. The third kappa shape index (κ3) is 2.19. The van der Waals surface area contributed by atoms with Gasteiger partial charge in [0.05, 0.1) is 12.5 Å². The number of rotatable bonds is 3. The molecule has 0 aromatic carbocycles. The van der Waals surface area contributed by atoms with E-state index in [4.69, 9.17) is 5.11 Å². The Morgan fingerprint density at radius 3 is 2.19 bits per heavy atom. The van der Waals surface area contributed by atoms with Crippen molar-refractivity contribution in [3.63, 3.8) is 0 Å². The van der Waals surface area contributed by atoms with Crippen LogP contribution in [-0.2, 0) is 9.59 Å². The normalized spacial score (nSPS) is 32.8. The number of carbonyl (C=O) groups excluding carboxylic acids is 1. The van der Waals surface area contributed by atoms with E-state index < -0.39 is 5.97 Å². The molecule has 5 heteroatoms. The first-order valence-corrected chi connectivity index (χ1v) is 5.79. The van der Waals surface area contributed by atoms with Gasteiger partial charge in [-0.3, -0.25) is 9.59 Å². The van der Waals surface area contributed by atoms with Gasteiger partial charge in [0.1, 0.15) is 0 Å². The fourth-order valence-corrected chi connectivity index (χ4v) is 2.90. The number of amides is 1. The van der Waals surface area contributed by atoms with Gasteiger partial charge >= 0.3 is 5.97 Å². The predicted molar refractivity (Wildman–Crippen MR) is 55.8 cm³/mol. The molecule has 5 nitrogen and oxygen atoms in total. The van der Waals surface area contributed by atoms with Crippen molar-refractivity contribution in [1.82, 2.24) is 4.90 Å². The largest absolute Gasteiger partial charge is 0.481 e. The number of carboxylic acids is 1. The average Bonchev–Trinajstić information content (AvgIpc) is 2.48. The number of carboxylic acid groups (broad SMARTS) is 1. The van der Waals surface area contributed by atoms with Gasteiger partial charge in [-0.05, 0) is 25.7 Å². The molecule has 0 aromatic rings. The molecule has 0 spiro atoms. The zero-order valence-corrected chi connectivity index (χ0v) is 9.13. The second-order valence-electron chi connectivity index (χ2n) is 4.70. The molecule has 2 atom stereocenters. The van der Waals surface area contributed by atoms with Crippen molar-refractivity contribution in [2.45, 2.75) is 56.7 Å². The second kappa shape index (κ2) is 4.41. The monoisotopic (exact) mass is 227 g/mol. The lowest BCUT2D eigenvalue weighted by Gasteiger charge is -2.37. The summed E-state index contributed by atoms with van der Waals surface area (Å²) >= 11 is 0. The van der Waals surface area contributed by atoms with E-state index in [2.05, 4.69) is 0 Å². The first-order chi connectivity index (χ1) is 7.58. The van der Waals surface area contributed by atoms with Crippen molar-refractivity contribution >= 4 is 11.9 Å². The first-order valence-electron chi connectivity index (χ1n) is 5.79. The summed E-state index contributed by atoms with van der Waals surface area (Å²) in [4.78, 5) is 24.1. The van der Waals surface area contributed by atoms with Crippen LogP contribution in [0.15, 0.2) is 0 Å². The van der Waals surface area contributed by atoms with Crippen molar-refractivity contribution in [1.29, 1.82) is 0 Å².